The Morgan fingerprint density at radius 1 is 0.962 bits per heavy atom. The number of carbonyl (C=O) groups is 1. The molecule has 4 nitrogen and oxygen atoms in total. The maximum atomic E-state index is 12.3. The van der Waals surface area contributed by atoms with Crippen LogP contribution in [-0.2, 0) is 11.3 Å². The quantitative estimate of drug-likeness (QED) is 0.724. The molecule has 0 radical (unpaired) electrons. The normalized spacial score (nSPS) is 11.8. The van der Waals surface area contributed by atoms with Crippen molar-refractivity contribution >= 4 is 16.7 Å². The van der Waals surface area contributed by atoms with Crippen molar-refractivity contribution < 1.29 is 14.3 Å². The molecule has 0 fully saturated rings. The van der Waals surface area contributed by atoms with E-state index >= 15 is 0 Å². The molecule has 26 heavy (non-hydrogen) atoms. The molecule has 1 N–H and O–H groups in total. The molecular weight excluding hydrogens is 326 g/mol. The van der Waals surface area contributed by atoms with E-state index < -0.39 is 6.10 Å². The first-order valence-electron chi connectivity index (χ1n) is 8.63. The van der Waals surface area contributed by atoms with Gasteiger partial charge in [0.25, 0.3) is 5.91 Å². The van der Waals surface area contributed by atoms with Crippen LogP contribution < -0.4 is 14.8 Å². The van der Waals surface area contributed by atoms with Crippen LogP contribution in [0.25, 0.3) is 10.8 Å². The average molecular weight is 349 g/mol. The minimum absolute atomic E-state index is 0.142. The predicted molar refractivity (Wildman–Crippen MR) is 104 cm³/mol. The number of carbonyl (C=O) groups excluding carboxylic acids is 1. The summed E-state index contributed by atoms with van der Waals surface area (Å²) >= 11 is 0. The van der Waals surface area contributed by atoms with Crippen LogP contribution in [0.15, 0.2) is 60.7 Å². The van der Waals surface area contributed by atoms with Gasteiger partial charge in [0.15, 0.2) is 6.10 Å². The van der Waals surface area contributed by atoms with E-state index in [0.29, 0.717) is 12.3 Å². The van der Waals surface area contributed by atoms with E-state index in [1.54, 1.807) is 14.0 Å². The average Bonchev–Trinajstić information content (AvgIpc) is 2.66. The molecule has 0 spiro atoms. The zero-order chi connectivity index (χ0) is 18.5. The van der Waals surface area contributed by atoms with Crippen molar-refractivity contribution in [3.63, 3.8) is 0 Å². The minimum atomic E-state index is -0.580. The van der Waals surface area contributed by atoms with Crippen molar-refractivity contribution in [2.75, 3.05) is 7.11 Å². The van der Waals surface area contributed by atoms with Gasteiger partial charge in [-0.15, -0.1) is 0 Å². The molecule has 4 heteroatoms. The summed E-state index contributed by atoms with van der Waals surface area (Å²) in [5.41, 5.74) is 2.26. The fourth-order valence-corrected chi connectivity index (χ4v) is 2.70. The summed E-state index contributed by atoms with van der Waals surface area (Å²) in [6, 6.07) is 19.7. The lowest BCUT2D eigenvalue weighted by Crippen LogP contribution is -2.35. The standard InChI is InChI=1S/C22H23NO3/c1-15-4-6-17(7-5-15)14-23-22(24)16(2)26-21-11-9-18-8-10-20(25-3)12-19(18)13-21/h4-13,16H,14H2,1-3H3,(H,23,24)/t16-/m0/s1. The van der Waals surface area contributed by atoms with E-state index in [1.807, 2.05) is 67.6 Å². The Kier molecular flexibility index (Phi) is 5.42. The van der Waals surface area contributed by atoms with E-state index in [9.17, 15) is 4.79 Å². The van der Waals surface area contributed by atoms with Gasteiger partial charge in [-0.2, -0.15) is 0 Å². The van der Waals surface area contributed by atoms with Gasteiger partial charge in [-0.25, -0.2) is 0 Å². The second-order valence-corrected chi connectivity index (χ2v) is 6.34. The Bertz CT molecular complexity index is 903. The fraction of sp³-hybridized carbons (Fsp3) is 0.227. The van der Waals surface area contributed by atoms with Crippen molar-refractivity contribution in [2.45, 2.75) is 26.5 Å². The van der Waals surface area contributed by atoms with Crippen LogP contribution in [-0.4, -0.2) is 19.1 Å². The van der Waals surface area contributed by atoms with Gasteiger partial charge in [0.2, 0.25) is 0 Å². The molecule has 0 bridgehead atoms. The number of fused-ring (bicyclic) bond motifs is 1. The predicted octanol–water partition coefficient (Wildman–Crippen LogP) is 4.24. The first kappa shape index (κ1) is 17.8. The van der Waals surface area contributed by atoms with Crippen molar-refractivity contribution in [1.82, 2.24) is 5.32 Å². The highest BCUT2D eigenvalue weighted by atomic mass is 16.5. The van der Waals surface area contributed by atoms with Gasteiger partial charge in [0.05, 0.1) is 7.11 Å². The first-order valence-corrected chi connectivity index (χ1v) is 8.63. The Balaban J connectivity index is 1.62. The van der Waals surface area contributed by atoms with Crippen LogP contribution in [0.2, 0.25) is 0 Å². The third-order valence-electron chi connectivity index (χ3n) is 4.29. The van der Waals surface area contributed by atoms with Crippen molar-refractivity contribution in [2.24, 2.45) is 0 Å². The molecule has 0 aliphatic carbocycles. The lowest BCUT2D eigenvalue weighted by molar-refractivity contribution is -0.127. The highest BCUT2D eigenvalue weighted by Gasteiger charge is 2.14. The zero-order valence-corrected chi connectivity index (χ0v) is 15.3. The smallest absolute Gasteiger partial charge is 0.261 e. The summed E-state index contributed by atoms with van der Waals surface area (Å²) in [5.74, 6) is 1.30. The van der Waals surface area contributed by atoms with Gasteiger partial charge in [0.1, 0.15) is 11.5 Å². The van der Waals surface area contributed by atoms with Crippen LogP contribution in [0.4, 0.5) is 0 Å². The lowest BCUT2D eigenvalue weighted by atomic mass is 10.1. The van der Waals surface area contributed by atoms with Gasteiger partial charge in [-0.3, -0.25) is 4.79 Å². The maximum Gasteiger partial charge on any atom is 0.261 e. The SMILES string of the molecule is COc1ccc2ccc(O[C@@H](C)C(=O)NCc3ccc(C)cc3)cc2c1. The Labute approximate surface area is 153 Å². The van der Waals surface area contributed by atoms with E-state index in [4.69, 9.17) is 9.47 Å². The van der Waals surface area contributed by atoms with E-state index in [2.05, 4.69) is 5.32 Å². The Hall–Kier alpha value is -3.01. The Morgan fingerprint density at radius 2 is 1.62 bits per heavy atom. The third kappa shape index (κ3) is 4.33. The van der Waals surface area contributed by atoms with Crippen LogP contribution in [0.3, 0.4) is 0 Å². The van der Waals surface area contributed by atoms with E-state index in [0.717, 1.165) is 22.1 Å². The monoisotopic (exact) mass is 349 g/mol. The highest BCUT2D eigenvalue weighted by molar-refractivity contribution is 5.85. The number of nitrogens with one attached hydrogen (secondary N) is 1. The molecule has 0 unspecified atom stereocenters. The molecule has 1 amide bonds. The van der Waals surface area contributed by atoms with Crippen molar-refractivity contribution in [3.05, 3.63) is 71.8 Å². The summed E-state index contributed by atoms with van der Waals surface area (Å²) < 4.78 is 11.1. The molecule has 1 atom stereocenters. The third-order valence-corrected chi connectivity index (χ3v) is 4.29. The maximum absolute atomic E-state index is 12.3. The number of rotatable bonds is 6. The molecule has 3 aromatic rings. The molecule has 0 heterocycles. The number of ether oxygens (including phenoxy) is 2. The summed E-state index contributed by atoms with van der Waals surface area (Å²) in [5, 5.41) is 5.01. The van der Waals surface area contributed by atoms with E-state index in [-0.39, 0.29) is 5.91 Å². The number of methoxy groups -OCH3 is 1. The zero-order valence-electron chi connectivity index (χ0n) is 15.3. The molecular formula is C22H23NO3. The number of benzene rings is 3. The number of aryl methyl sites for hydroxylation is 1. The Morgan fingerprint density at radius 3 is 2.31 bits per heavy atom. The van der Waals surface area contributed by atoms with Gasteiger partial charge < -0.3 is 14.8 Å². The van der Waals surface area contributed by atoms with Crippen molar-refractivity contribution in [3.8, 4) is 11.5 Å². The summed E-state index contributed by atoms with van der Waals surface area (Å²) in [7, 11) is 1.64. The van der Waals surface area contributed by atoms with Gasteiger partial charge >= 0.3 is 0 Å². The highest BCUT2D eigenvalue weighted by Crippen LogP contribution is 2.25. The second kappa shape index (κ2) is 7.91. The van der Waals surface area contributed by atoms with Gasteiger partial charge in [0, 0.05) is 6.54 Å². The lowest BCUT2D eigenvalue weighted by Gasteiger charge is -2.15. The second-order valence-electron chi connectivity index (χ2n) is 6.34. The topological polar surface area (TPSA) is 47.6 Å². The van der Waals surface area contributed by atoms with Gasteiger partial charge in [-0.1, -0.05) is 42.0 Å². The molecule has 3 aromatic carbocycles. The molecule has 0 aromatic heterocycles. The van der Waals surface area contributed by atoms with Crippen LogP contribution >= 0.6 is 0 Å². The number of hydrogen-bond acceptors (Lipinski definition) is 3. The first-order chi connectivity index (χ1) is 12.5. The molecule has 0 saturated carbocycles. The van der Waals surface area contributed by atoms with E-state index in [1.165, 1.54) is 5.56 Å². The largest absolute Gasteiger partial charge is 0.497 e. The summed E-state index contributed by atoms with van der Waals surface area (Å²) in [6.07, 6.45) is -0.580. The van der Waals surface area contributed by atoms with Crippen LogP contribution in [0.5, 0.6) is 11.5 Å². The summed E-state index contributed by atoms with van der Waals surface area (Å²) in [6.45, 7) is 4.28. The molecule has 0 saturated heterocycles. The molecule has 134 valence electrons. The fourth-order valence-electron chi connectivity index (χ4n) is 2.70. The molecule has 0 aliphatic heterocycles. The number of hydrogen-bond donors (Lipinski definition) is 1. The van der Waals surface area contributed by atoms with Crippen LogP contribution in [0.1, 0.15) is 18.1 Å². The molecule has 0 aliphatic rings. The minimum Gasteiger partial charge on any atom is -0.497 e. The number of amides is 1. The van der Waals surface area contributed by atoms with Crippen LogP contribution in [0, 0.1) is 6.92 Å². The van der Waals surface area contributed by atoms with Gasteiger partial charge in [-0.05, 0) is 54.4 Å². The molecule has 3 rings (SSSR count). The summed E-state index contributed by atoms with van der Waals surface area (Å²) in [4.78, 5) is 12.3. The van der Waals surface area contributed by atoms with Crippen molar-refractivity contribution in [1.29, 1.82) is 0 Å².